The van der Waals surface area contributed by atoms with Gasteiger partial charge >= 0.3 is 11.9 Å². The molecule has 1 atom stereocenters. The van der Waals surface area contributed by atoms with Crippen molar-refractivity contribution in [1.82, 2.24) is 15.5 Å². The summed E-state index contributed by atoms with van der Waals surface area (Å²) in [5, 5.41) is 15.9. The molecule has 0 radical (unpaired) electrons. The van der Waals surface area contributed by atoms with Gasteiger partial charge in [-0.2, -0.15) is 0 Å². The van der Waals surface area contributed by atoms with E-state index >= 15 is 0 Å². The van der Waals surface area contributed by atoms with E-state index in [0.29, 0.717) is 6.54 Å². The van der Waals surface area contributed by atoms with E-state index < -0.39 is 29.6 Å². The normalized spacial score (nSPS) is 14.6. The summed E-state index contributed by atoms with van der Waals surface area (Å²) in [7, 11) is 0. The quantitative estimate of drug-likeness (QED) is 0.313. The smallest absolute Gasteiger partial charge is 0.328 e. The third-order valence-corrected chi connectivity index (χ3v) is 6.24. The van der Waals surface area contributed by atoms with Crippen molar-refractivity contribution < 1.29 is 29.0 Å². The summed E-state index contributed by atoms with van der Waals surface area (Å²) in [4.78, 5) is 39.9. The van der Waals surface area contributed by atoms with E-state index in [-0.39, 0.29) is 40.8 Å². The minimum atomic E-state index is -1.01. The van der Waals surface area contributed by atoms with Crippen molar-refractivity contribution in [2.24, 2.45) is 0 Å². The van der Waals surface area contributed by atoms with Gasteiger partial charge in [0.1, 0.15) is 11.1 Å². The molecular formula is C25H29Cl2N3O6. The molecule has 1 fully saturated rings. The van der Waals surface area contributed by atoms with Crippen molar-refractivity contribution in [1.29, 1.82) is 0 Å². The first-order chi connectivity index (χ1) is 17.3. The van der Waals surface area contributed by atoms with Gasteiger partial charge in [0.15, 0.2) is 11.5 Å². The first-order valence-corrected chi connectivity index (χ1v) is 12.4. The molecule has 1 aliphatic heterocycles. The number of halogens is 2. The summed E-state index contributed by atoms with van der Waals surface area (Å²) in [5.74, 6) is -2.84. The average Bonchev–Trinajstić information content (AvgIpc) is 2.88. The van der Waals surface area contributed by atoms with Crippen LogP contribution >= 0.6 is 23.2 Å². The van der Waals surface area contributed by atoms with E-state index in [1.54, 1.807) is 6.92 Å². The second kappa shape index (κ2) is 13.5. The van der Waals surface area contributed by atoms with Gasteiger partial charge in [-0.15, -0.1) is 0 Å². The zero-order valence-electron chi connectivity index (χ0n) is 19.9. The predicted molar refractivity (Wildman–Crippen MR) is 136 cm³/mol. The van der Waals surface area contributed by atoms with E-state index in [1.165, 1.54) is 0 Å². The molecule has 194 valence electrons. The van der Waals surface area contributed by atoms with E-state index in [1.807, 2.05) is 30.3 Å². The minimum absolute atomic E-state index is 0.108. The predicted octanol–water partition coefficient (Wildman–Crippen LogP) is 2.80. The Morgan fingerprint density at radius 1 is 1.17 bits per heavy atom. The van der Waals surface area contributed by atoms with Gasteiger partial charge in [0, 0.05) is 39.1 Å². The van der Waals surface area contributed by atoms with E-state index in [0.717, 1.165) is 37.8 Å². The van der Waals surface area contributed by atoms with E-state index in [4.69, 9.17) is 32.7 Å². The molecule has 0 spiro atoms. The third kappa shape index (κ3) is 7.57. The minimum Gasteiger partial charge on any atom is -0.505 e. The standard InChI is InChI=1S/C25H29Cl2N3O6/c1-2-35-25(34)19(14-16-6-4-3-5-7-16)29-24(33)17-15-18(26)23(21(27)22(17)32)36-20(31)8-11-30-12-9-28-10-13-30/h3-7,15,19,28,32H,2,8-14H2,1H3,(H,29,33)/t19-/m0/s1. The first kappa shape index (κ1) is 27.7. The Balaban J connectivity index is 1.71. The Hall–Kier alpha value is -2.85. The van der Waals surface area contributed by atoms with Gasteiger partial charge in [-0.05, 0) is 18.6 Å². The molecule has 2 aromatic rings. The van der Waals surface area contributed by atoms with Crippen molar-refractivity contribution in [3.05, 3.63) is 57.6 Å². The molecule has 9 nitrogen and oxygen atoms in total. The molecule has 0 bridgehead atoms. The van der Waals surface area contributed by atoms with E-state index in [2.05, 4.69) is 15.5 Å². The van der Waals surface area contributed by atoms with Crippen LogP contribution in [0.15, 0.2) is 36.4 Å². The van der Waals surface area contributed by atoms with Gasteiger partial charge in [0.2, 0.25) is 0 Å². The number of phenolic OH excluding ortho intramolecular Hbond substituents is 1. The number of carbonyl (C=O) groups is 3. The van der Waals surface area contributed by atoms with Gasteiger partial charge in [-0.25, -0.2) is 4.79 Å². The van der Waals surface area contributed by atoms with Crippen LogP contribution in [-0.4, -0.2) is 73.2 Å². The highest BCUT2D eigenvalue weighted by atomic mass is 35.5. The zero-order chi connectivity index (χ0) is 26.1. The number of amides is 1. The Morgan fingerprint density at radius 3 is 2.53 bits per heavy atom. The molecule has 0 saturated carbocycles. The number of benzene rings is 2. The number of carbonyl (C=O) groups excluding carboxylic acids is 3. The summed E-state index contributed by atoms with van der Waals surface area (Å²) in [6, 6.07) is 9.22. The lowest BCUT2D eigenvalue weighted by Gasteiger charge is -2.26. The Morgan fingerprint density at radius 2 is 1.86 bits per heavy atom. The topological polar surface area (TPSA) is 117 Å². The van der Waals surface area contributed by atoms with Gasteiger partial charge in [-0.1, -0.05) is 53.5 Å². The van der Waals surface area contributed by atoms with Crippen LogP contribution in [0.2, 0.25) is 10.0 Å². The summed E-state index contributed by atoms with van der Waals surface area (Å²) in [6.07, 6.45) is 0.285. The molecule has 1 heterocycles. The Bertz CT molecular complexity index is 1080. The van der Waals surface area contributed by atoms with Crippen LogP contribution in [0.25, 0.3) is 0 Å². The monoisotopic (exact) mass is 537 g/mol. The molecule has 11 heteroatoms. The molecule has 3 N–H and O–H groups in total. The summed E-state index contributed by atoms with van der Waals surface area (Å²) >= 11 is 12.5. The van der Waals surface area contributed by atoms with Crippen molar-refractivity contribution in [2.75, 3.05) is 39.3 Å². The van der Waals surface area contributed by atoms with Gasteiger partial charge in [0.05, 0.1) is 23.6 Å². The van der Waals surface area contributed by atoms with Gasteiger partial charge in [0.25, 0.3) is 5.91 Å². The lowest BCUT2D eigenvalue weighted by atomic mass is 10.1. The lowest BCUT2D eigenvalue weighted by Crippen LogP contribution is -2.44. The molecule has 0 unspecified atom stereocenters. The molecule has 1 amide bonds. The maximum atomic E-state index is 13.0. The molecule has 36 heavy (non-hydrogen) atoms. The second-order valence-corrected chi connectivity index (χ2v) is 8.97. The van der Waals surface area contributed by atoms with Crippen molar-refractivity contribution in [3.8, 4) is 11.5 Å². The Kier molecular flexibility index (Phi) is 10.4. The first-order valence-electron chi connectivity index (χ1n) is 11.7. The second-order valence-electron chi connectivity index (χ2n) is 8.18. The number of nitrogens with zero attached hydrogens (tertiary/aromatic N) is 1. The SMILES string of the molecule is CCOC(=O)[C@H](Cc1ccccc1)NC(=O)c1cc(Cl)c(OC(=O)CCN2CCNCC2)c(Cl)c1O. The number of piperazine rings is 1. The zero-order valence-corrected chi connectivity index (χ0v) is 21.4. The number of hydrogen-bond acceptors (Lipinski definition) is 8. The number of hydrogen-bond donors (Lipinski definition) is 3. The summed E-state index contributed by atoms with van der Waals surface area (Å²) < 4.78 is 10.4. The van der Waals surface area contributed by atoms with Crippen LogP contribution < -0.4 is 15.4 Å². The van der Waals surface area contributed by atoms with Gasteiger partial charge in [-0.3, -0.25) is 9.59 Å². The van der Waals surface area contributed by atoms with Crippen molar-refractivity contribution in [2.45, 2.75) is 25.8 Å². The highest BCUT2D eigenvalue weighted by molar-refractivity contribution is 6.39. The largest absolute Gasteiger partial charge is 0.505 e. The number of nitrogens with one attached hydrogen (secondary N) is 2. The third-order valence-electron chi connectivity index (χ3n) is 5.61. The maximum Gasteiger partial charge on any atom is 0.328 e. The molecule has 1 saturated heterocycles. The van der Waals surface area contributed by atoms with Crippen LogP contribution in [0.4, 0.5) is 0 Å². The average molecular weight is 538 g/mol. The Labute approximate surface area is 219 Å². The highest BCUT2D eigenvalue weighted by Crippen LogP contribution is 2.42. The van der Waals surface area contributed by atoms with Gasteiger partial charge < -0.3 is 30.1 Å². The highest BCUT2D eigenvalue weighted by Gasteiger charge is 2.27. The number of phenols is 1. The molecule has 0 aliphatic carbocycles. The fourth-order valence-electron chi connectivity index (χ4n) is 3.73. The lowest BCUT2D eigenvalue weighted by molar-refractivity contribution is -0.145. The van der Waals surface area contributed by atoms with E-state index in [9.17, 15) is 19.5 Å². The van der Waals surface area contributed by atoms with Crippen LogP contribution in [-0.2, 0) is 20.7 Å². The van der Waals surface area contributed by atoms with Crippen LogP contribution in [0, 0.1) is 0 Å². The van der Waals surface area contributed by atoms with Crippen LogP contribution in [0.3, 0.4) is 0 Å². The van der Waals surface area contributed by atoms with Crippen LogP contribution in [0.5, 0.6) is 11.5 Å². The number of ether oxygens (including phenoxy) is 2. The fourth-order valence-corrected chi connectivity index (χ4v) is 4.26. The number of rotatable bonds is 10. The molecule has 0 aromatic heterocycles. The molecule has 2 aromatic carbocycles. The summed E-state index contributed by atoms with van der Waals surface area (Å²) in [5.41, 5.74) is 0.534. The maximum absolute atomic E-state index is 13.0. The number of aromatic hydroxyl groups is 1. The molecular weight excluding hydrogens is 509 g/mol. The number of esters is 2. The van der Waals surface area contributed by atoms with Crippen molar-refractivity contribution >= 4 is 41.0 Å². The fraction of sp³-hybridized carbons (Fsp3) is 0.400. The molecule has 1 aliphatic rings. The summed E-state index contributed by atoms with van der Waals surface area (Å²) in [6.45, 7) is 5.68. The van der Waals surface area contributed by atoms with Crippen LogP contribution in [0.1, 0.15) is 29.3 Å². The molecule has 3 rings (SSSR count). The van der Waals surface area contributed by atoms with Crippen molar-refractivity contribution in [3.63, 3.8) is 0 Å².